The second-order valence-electron chi connectivity index (χ2n) is 9.46. The molecule has 0 aliphatic rings. The molecule has 234 valence electrons. The third-order valence-electron chi connectivity index (χ3n) is 6.22. The number of unbranched alkanes of at least 4 members (excludes halogenated alkanes) is 1. The summed E-state index contributed by atoms with van der Waals surface area (Å²) in [6.45, 7) is 7.59. The Morgan fingerprint density at radius 1 is 1.00 bits per heavy atom. The number of aliphatic hydroxyl groups excluding tert-OH is 1. The average Bonchev–Trinajstić information content (AvgIpc) is 3.45. The van der Waals surface area contributed by atoms with E-state index in [0.29, 0.717) is 17.3 Å². The van der Waals surface area contributed by atoms with Crippen molar-refractivity contribution in [2.45, 2.75) is 78.3 Å². The molecule has 0 saturated heterocycles. The summed E-state index contributed by atoms with van der Waals surface area (Å²) in [5.41, 5.74) is 3.64. The van der Waals surface area contributed by atoms with Crippen LogP contribution in [0.4, 0.5) is 26.3 Å². The number of benzene rings is 2. The van der Waals surface area contributed by atoms with Crippen molar-refractivity contribution in [3.63, 3.8) is 0 Å². The highest BCUT2D eigenvalue weighted by Crippen LogP contribution is 2.39. The van der Waals surface area contributed by atoms with Gasteiger partial charge in [0.2, 0.25) is 11.7 Å². The van der Waals surface area contributed by atoms with Gasteiger partial charge in [-0.3, -0.25) is 5.41 Å². The Hall–Kier alpha value is -3.61. The highest BCUT2D eigenvalue weighted by Gasteiger charge is 2.35. The molecular formula is C29H38F6N4O3. The second kappa shape index (κ2) is 16.7. The fourth-order valence-electron chi connectivity index (χ4n) is 3.37. The molecule has 42 heavy (non-hydrogen) atoms. The summed E-state index contributed by atoms with van der Waals surface area (Å²) in [4.78, 5) is 4.23. The van der Waals surface area contributed by atoms with Gasteiger partial charge in [-0.15, -0.1) is 0 Å². The molecule has 0 radical (unpaired) electrons. The van der Waals surface area contributed by atoms with Crippen LogP contribution in [0.5, 0.6) is 5.75 Å². The minimum atomic E-state index is -4.73. The summed E-state index contributed by atoms with van der Waals surface area (Å²) in [7, 11) is 1.00. The quantitative estimate of drug-likeness (QED) is 0.122. The third-order valence-corrected chi connectivity index (χ3v) is 6.22. The van der Waals surface area contributed by atoms with Crippen molar-refractivity contribution in [1.82, 2.24) is 10.1 Å². The molecule has 2 unspecified atom stereocenters. The van der Waals surface area contributed by atoms with Gasteiger partial charge in [0, 0.05) is 24.5 Å². The number of rotatable bonds is 10. The summed E-state index contributed by atoms with van der Waals surface area (Å²) >= 11 is 0. The molecule has 1 aromatic heterocycles. The molecule has 13 heteroatoms. The summed E-state index contributed by atoms with van der Waals surface area (Å²) in [5.74, 6) is 0.482. The molecule has 2 atom stereocenters. The molecule has 0 aliphatic carbocycles. The van der Waals surface area contributed by atoms with Crippen LogP contribution in [0.2, 0.25) is 0 Å². The van der Waals surface area contributed by atoms with Gasteiger partial charge in [0.1, 0.15) is 12.4 Å². The molecule has 0 bridgehead atoms. The topological polar surface area (TPSA) is 118 Å². The first kappa shape index (κ1) is 36.4. The monoisotopic (exact) mass is 604 g/mol. The van der Waals surface area contributed by atoms with Gasteiger partial charge < -0.3 is 20.1 Å². The highest BCUT2D eigenvalue weighted by atomic mass is 19.4. The first-order chi connectivity index (χ1) is 19.7. The molecule has 7 nitrogen and oxygen atoms in total. The van der Waals surface area contributed by atoms with Crippen molar-refractivity contribution in [2.75, 3.05) is 7.11 Å². The Kier molecular flexibility index (Phi) is 14.5. The summed E-state index contributed by atoms with van der Waals surface area (Å²) in [5, 5.41) is 17.7. The number of nitrogens with zero attached hydrogens (tertiary/aromatic N) is 2. The number of ether oxygens (including phenoxy) is 1. The lowest BCUT2D eigenvalue weighted by atomic mass is 10.0. The van der Waals surface area contributed by atoms with Crippen molar-refractivity contribution >= 4 is 5.84 Å². The number of nitrogens with one attached hydrogen (secondary N) is 1. The van der Waals surface area contributed by atoms with Gasteiger partial charge in [0.15, 0.2) is 0 Å². The first-order valence-corrected chi connectivity index (χ1v) is 13.3. The Labute approximate surface area is 241 Å². The Bertz CT molecular complexity index is 1230. The van der Waals surface area contributed by atoms with Crippen LogP contribution >= 0.6 is 0 Å². The van der Waals surface area contributed by atoms with E-state index < -0.39 is 29.2 Å². The molecule has 2 aromatic carbocycles. The smallest absolute Gasteiger partial charge is 0.419 e. The minimum absolute atomic E-state index is 0.0142. The molecule has 0 spiro atoms. The predicted molar refractivity (Wildman–Crippen MR) is 148 cm³/mol. The van der Waals surface area contributed by atoms with E-state index in [0.717, 1.165) is 69.2 Å². The van der Waals surface area contributed by atoms with E-state index in [1.54, 1.807) is 0 Å². The number of amidine groups is 1. The van der Waals surface area contributed by atoms with E-state index in [1.807, 2.05) is 27.7 Å². The van der Waals surface area contributed by atoms with Crippen LogP contribution in [-0.4, -0.2) is 28.2 Å². The fourth-order valence-corrected chi connectivity index (χ4v) is 3.37. The average molecular weight is 605 g/mol. The number of aliphatic hydroxyl groups is 1. The van der Waals surface area contributed by atoms with Crippen LogP contribution in [0.25, 0.3) is 11.4 Å². The van der Waals surface area contributed by atoms with Gasteiger partial charge in [-0.1, -0.05) is 57.8 Å². The van der Waals surface area contributed by atoms with Gasteiger partial charge in [-0.2, -0.15) is 31.3 Å². The van der Waals surface area contributed by atoms with E-state index in [1.165, 1.54) is 6.07 Å². The summed E-state index contributed by atoms with van der Waals surface area (Å²) in [6, 6.07) is 7.40. The highest BCUT2D eigenvalue weighted by molar-refractivity contribution is 5.79. The molecule has 0 saturated carbocycles. The zero-order chi connectivity index (χ0) is 32.1. The standard InChI is InChI=1S/C23H22F6N2O2.C5H12N2.CH4O/c1-3-4-5-14(2)21-30-20(31-33-21)16-8-11-19(18(12-16)23(27,28)29)32-13-15-6-9-17(10-7-15)22(24,25)26;1-3-4(2)5(6)7;1-2/h6-12,14H,3-5,13H2,1-2H3;4H,3H2,1-2H3,(H3,6,7);2H,1H3. The lowest BCUT2D eigenvalue weighted by molar-refractivity contribution is -0.139. The minimum Gasteiger partial charge on any atom is -0.488 e. The van der Waals surface area contributed by atoms with Crippen LogP contribution in [0.1, 0.15) is 81.9 Å². The fraction of sp³-hybridized carbons (Fsp3) is 0.483. The van der Waals surface area contributed by atoms with Crippen molar-refractivity contribution in [1.29, 1.82) is 5.41 Å². The van der Waals surface area contributed by atoms with Crippen LogP contribution in [-0.2, 0) is 19.0 Å². The number of alkyl halides is 6. The molecule has 0 aliphatic heterocycles. The second-order valence-corrected chi connectivity index (χ2v) is 9.46. The first-order valence-electron chi connectivity index (χ1n) is 13.3. The van der Waals surface area contributed by atoms with E-state index in [2.05, 4.69) is 10.1 Å². The Morgan fingerprint density at radius 3 is 2.10 bits per heavy atom. The van der Waals surface area contributed by atoms with E-state index in [-0.39, 0.29) is 29.8 Å². The van der Waals surface area contributed by atoms with Gasteiger partial charge in [-0.05, 0) is 48.7 Å². The van der Waals surface area contributed by atoms with E-state index in [9.17, 15) is 26.3 Å². The van der Waals surface area contributed by atoms with Crippen molar-refractivity contribution in [3.05, 3.63) is 65.0 Å². The molecule has 3 rings (SSSR count). The number of hydrogen-bond donors (Lipinski definition) is 3. The maximum Gasteiger partial charge on any atom is 0.419 e. The molecule has 0 fully saturated rings. The lowest BCUT2D eigenvalue weighted by Gasteiger charge is -2.15. The number of nitrogens with two attached hydrogens (primary N) is 1. The predicted octanol–water partition coefficient (Wildman–Crippen LogP) is 8.22. The van der Waals surface area contributed by atoms with Gasteiger partial charge in [0.25, 0.3) is 0 Å². The number of aromatic nitrogens is 2. The van der Waals surface area contributed by atoms with Crippen molar-refractivity contribution < 1.29 is 40.7 Å². The van der Waals surface area contributed by atoms with Crippen LogP contribution < -0.4 is 10.5 Å². The zero-order valence-electron chi connectivity index (χ0n) is 24.2. The summed E-state index contributed by atoms with van der Waals surface area (Å²) < 4.78 is 89.5. The van der Waals surface area contributed by atoms with Gasteiger partial charge in [0.05, 0.1) is 17.0 Å². The van der Waals surface area contributed by atoms with Gasteiger partial charge >= 0.3 is 12.4 Å². The zero-order valence-corrected chi connectivity index (χ0v) is 24.2. The Balaban J connectivity index is 0.000000858. The number of hydrogen-bond acceptors (Lipinski definition) is 6. The van der Waals surface area contributed by atoms with Crippen LogP contribution in [0.3, 0.4) is 0 Å². The van der Waals surface area contributed by atoms with E-state index >= 15 is 0 Å². The van der Waals surface area contributed by atoms with Crippen LogP contribution in [0.15, 0.2) is 47.0 Å². The maximum absolute atomic E-state index is 13.7. The molecule has 3 aromatic rings. The molecule has 4 N–H and O–H groups in total. The Morgan fingerprint density at radius 2 is 1.62 bits per heavy atom. The third kappa shape index (κ3) is 11.3. The lowest BCUT2D eigenvalue weighted by Crippen LogP contribution is -2.18. The van der Waals surface area contributed by atoms with Crippen LogP contribution in [0, 0.1) is 11.3 Å². The normalized spacial score (nSPS) is 12.8. The van der Waals surface area contributed by atoms with Gasteiger partial charge in [-0.25, -0.2) is 0 Å². The molecular weight excluding hydrogens is 566 g/mol. The van der Waals surface area contributed by atoms with Crippen molar-refractivity contribution in [2.24, 2.45) is 11.7 Å². The summed E-state index contributed by atoms with van der Waals surface area (Å²) in [6.07, 6.45) is -5.48. The molecule has 0 amide bonds. The number of halogens is 6. The van der Waals surface area contributed by atoms with Crippen molar-refractivity contribution in [3.8, 4) is 17.1 Å². The maximum atomic E-state index is 13.7. The molecule has 1 heterocycles. The SMILES string of the molecule is CCC(C)C(=N)N.CCCCC(C)c1nc(-c2ccc(OCc3ccc(C(F)(F)F)cc3)c(C(F)(F)F)c2)no1.CO. The van der Waals surface area contributed by atoms with E-state index in [4.69, 9.17) is 25.5 Å². The largest absolute Gasteiger partial charge is 0.488 e.